The fraction of sp³-hybridized carbons (Fsp3) is 1.00. The Hall–Kier alpha value is -0.160. The minimum atomic E-state index is 0.655. The predicted octanol–water partition coefficient (Wildman–Crippen LogP) is 0.422. The third-order valence-electron chi connectivity index (χ3n) is 2.77. The average molecular weight is 230 g/mol. The van der Waals surface area contributed by atoms with E-state index in [1.165, 1.54) is 19.3 Å². The molecule has 0 heterocycles. The van der Waals surface area contributed by atoms with Crippen LogP contribution < -0.4 is 22.1 Å². The van der Waals surface area contributed by atoms with Crippen molar-refractivity contribution >= 4 is 0 Å². The molecule has 6 N–H and O–H groups in total. The van der Waals surface area contributed by atoms with E-state index in [1.54, 1.807) is 0 Å². The van der Waals surface area contributed by atoms with Crippen molar-refractivity contribution in [1.29, 1.82) is 0 Å². The molecule has 0 aliphatic heterocycles. The first-order valence-electron chi connectivity index (χ1n) is 6.69. The van der Waals surface area contributed by atoms with E-state index in [0.29, 0.717) is 6.04 Å². The van der Waals surface area contributed by atoms with Crippen LogP contribution in [0.4, 0.5) is 0 Å². The smallest absolute Gasteiger partial charge is 0.00649 e. The lowest BCUT2D eigenvalue weighted by Gasteiger charge is -2.16. The van der Waals surface area contributed by atoms with Crippen LogP contribution in [-0.4, -0.2) is 38.8 Å². The van der Waals surface area contributed by atoms with Gasteiger partial charge >= 0.3 is 0 Å². The van der Waals surface area contributed by atoms with Crippen molar-refractivity contribution < 1.29 is 0 Å². The van der Waals surface area contributed by atoms with E-state index in [1.807, 2.05) is 0 Å². The molecule has 98 valence electrons. The number of hydrogen-bond acceptors (Lipinski definition) is 4. The van der Waals surface area contributed by atoms with Crippen LogP contribution >= 0.6 is 0 Å². The largest absolute Gasteiger partial charge is 0.330 e. The van der Waals surface area contributed by atoms with E-state index in [0.717, 1.165) is 45.6 Å². The van der Waals surface area contributed by atoms with Crippen LogP contribution in [0.2, 0.25) is 0 Å². The minimum absolute atomic E-state index is 0.655. The summed E-state index contributed by atoms with van der Waals surface area (Å²) < 4.78 is 0. The van der Waals surface area contributed by atoms with Gasteiger partial charge in [-0.05, 0) is 64.8 Å². The molecule has 4 nitrogen and oxygen atoms in total. The molecule has 0 fully saturated rings. The molecule has 0 bridgehead atoms. The Kier molecular flexibility index (Phi) is 12.8. The maximum Gasteiger partial charge on any atom is 0.00649 e. The van der Waals surface area contributed by atoms with Crippen LogP contribution in [-0.2, 0) is 0 Å². The second-order valence-electron chi connectivity index (χ2n) is 4.24. The molecule has 0 aromatic carbocycles. The molecule has 16 heavy (non-hydrogen) atoms. The molecule has 0 aliphatic carbocycles. The third kappa shape index (κ3) is 10.4. The van der Waals surface area contributed by atoms with Crippen molar-refractivity contribution in [3.63, 3.8) is 0 Å². The van der Waals surface area contributed by atoms with Gasteiger partial charge in [-0.15, -0.1) is 0 Å². The first-order valence-corrected chi connectivity index (χ1v) is 6.69. The van der Waals surface area contributed by atoms with Gasteiger partial charge in [-0.2, -0.15) is 0 Å². The maximum absolute atomic E-state index is 5.46. The van der Waals surface area contributed by atoms with E-state index < -0.39 is 0 Å². The summed E-state index contributed by atoms with van der Waals surface area (Å²) in [7, 11) is 0. The molecule has 1 atom stereocenters. The van der Waals surface area contributed by atoms with E-state index >= 15 is 0 Å². The Bertz CT molecular complexity index is 130. The highest BCUT2D eigenvalue weighted by Gasteiger charge is 2.03. The van der Waals surface area contributed by atoms with Crippen LogP contribution in [0.25, 0.3) is 0 Å². The van der Waals surface area contributed by atoms with Crippen molar-refractivity contribution in [2.24, 2.45) is 11.5 Å². The predicted molar refractivity (Wildman–Crippen MR) is 71.5 cm³/mol. The van der Waals surface area contributed by atoms with E-state index in [2.05, 4.69) is 17.6 Å². The molecule has 1 unspecified atom stereocenters. The summed E-state index contributed by atoms with van der Waals surface area (Å²) in [5, 5.41) is 6.95. The molecule has 0 saturated carbocycles. The van der Waals surface area contributed by atoms with Crippen LogP contribution in [0.1, 0.15) is 39.0 Å². The fourth-order valence-electron chi connectivity index (χ4n) is 1.68. The van der Waals surface area contributed by atoms with Gasteiger partial charge in [0.1, 0.15) is 0 Å². The normalized spacial score (nSPS) is 12.9. The number of hydrogen-bond donors (Lipinski definition) is 4. The first-order chi connectivity index (χ1) is 7.85. The summed E-state index contributed by atoms with van der Waals surface area (Å²) >= 11 is 0. The lowest BCUT2D eigenvalue weighted by molar-refractivity contribution is 0.445. The van der Waals surface area contributed by atoms with Gasteiger partial charge in [-0.3, -0.25) is 0 Å². The third-order valence-corrected chi connectivity index (χ3v) is 2.77. The Labute approximate surface area is 101 Å². The zero-order valence-corrected chi connectivity index (χ0v) is 10.8. The Morgan fingerprint density at radius 2 is 1.56 bits per heavy atom. The van der Waals surface area contributed by atoms with Crippen LogP contribution in [0, 0.1) is 0 Å². The zero-order chi connectivity index (χ0) is 12.1. The molecule has 4 heteroatoms. The molecule has 0 aliphatic rings. The summed E-state index contributed by atoms with van der Waals surface area (Å²) in [6, 6.07) is 0.655. The highest BCUT2D eigenvalue weighted by atomic mass is 14.9. The fourth-order valence-corrected chi connectivity index (χ4v) is 1.68. The Morgan fingerprint density at radius 3 is 2.19 bits per heavy atom. The molecule has 0 aromatic rings. The van der Waals surface area contributed by atoms with E-state index in [-0.39, 0.29) is 0 Å². The summed E-state index contributed by atoms with van der Waals surface area (Å²) in [4.78, 5) is 0. The van der Waals surface area contributed by atoms with Crippen LogP contribution in [0.15, 0.2) is 0 Å². The number of rotatable bonds is 12. The highest BCUT2D eigenvalue weighted by molar-refractivity contribution is 4.65. The lowest BCUT2D eigenvalue weighted by Crippen LogP contribution is -2.31. The quantitative estimate of drug-likeness (QED) is 0.367. The monoisotopic (exact) mass is 230 g/mol. The SMILES string of the molecule is CCC(CCCNCCCN)NCCCN. The van der Waals surface area contributed by atoms with Gasteiger partial charge in [0.25, 0.3) is 0 Å². The summed E-state index contributed by atoms with van der Waals surface area (Å²) in [5.41, 5.74) is 10.9. The second kappa shape index (κ2) is 12.9. The topological polar surface area (TPSA) is 76.1 Å². The van der Waals surface area contributed by atoms with Crippen LogP contribution in [0.5, 0.6) is 0 Å². The second-order valence-corrected chi connectivity index (χ2v) is 4.24. The summed E-state index contributed by atoms with van der Waals surface area (Å²) in [6.07, 6.45) is 5.83. The van der Waals surface area contributed by atoms with Crippen molar-refractivity contribution in [2.75, 3.05) is 32.7 Å². The number of nitrogens with two attached hydrogens (primary N) is 2. The lowest BCUT2D eigenvalue weighted by atomic mass is 10.1. The molecule has 0 saturated heterocycles. The number of nitrogens with one attached hydrogen (secondary N) is 2. The molecule has 0 spiro atoms. The molecule has 0 rings (SSSR count). The molecule has 0 aromatic heterocycles. The van der Waals surface area contributed by atoms with Gasteiger partial charge in [0.05, 0.1) is 0 Å². The Morgan fingerprint density at radius 1 is 0.938 bits per heavy atom. The van der Waals surface area contributed by atoms with Gasteiger partial charge in [-0.1, -0.05) is 6.92 Å². The van der Waals surface area contributed by atoms with E-state index in [4.69, 9.17) is 11.5 Å². The van der Waals surface area contributed by atoms with Crippen LogP contribution in [0.3, 0.4) is 0 Å². The van der Waals surface area contributed by atoms with Gasteiger partial charge in [0, 0.05) is 6.04 Å². The van der Waals surface area contributed by atoms with Crippen molar-refractivity contribution in [3.8, 4) is 0 Å². The summed E-state index contributed by atoms with van der Waals surface area (Å²) in [5.74, 6) is 0. The zero-order valence-electron chi connectivity index (χ0n) is 10.8. The van der Waals surface area contributed by atoms with Gasteiger partial charge in [-0.25, -0.2) is 0 Å². The van der Waals surface area contributed by atoms with Gasteiger partial charge < -0.3 is 22.1 Å². The van der Waals surface area contributed by atoms with Gasteiger partial charge in [0.15, 0.2) is 0 Å². The van der Waals surface area contributed by atoms with Crippen molar-refractivity contribution in [3.05, 3.63) is 0 Å². The molecule has 0 amide bonds. The first kappa shape index (κ1) is 15.8. The Balaban J connectivity index is 3.26. The average Bonchev–Trinajstić information content (AvgIpc) is 2.31. The standard InChI is InChI=1S/C12H30N4/c1-2-12(16-11-5-8-14)6-3-9-15-10-4-7-13/h12,15-16H,2-11,13-14H2,1H3. The van der Waals surface area contributed by atoms with E-state index in [9.17, 15) is 0 Å². The molecular weight excluding hydrogens is 200 g/mol. The molecule has 0 radical (unpaired) electrons. The van der Waals surface area contributed by atoms with Crippen molar-refractivity contribution in [1.82, 2.24) is 10.6 Å². The van der Waals surface area contributed by atoms with Crippen molar-refractivity contribution in [2.45, 2.75) is 45.1 Å². The highest BCUT2D eigenvalue weighted by Crippen LogP contribution is 2.00. The minimum Gasteiger partial charge on any atom is -0.330 e. The maximum atomic E-state index is 5.46. The molecular formula is C12H30N4. The summed E-state index contributed by atoms with van der Waals surface area (Å²) in [6.45, 7) is 7.01. The van der Waals surface area contributed by atoms with Gasteiger partial charge in [0.2, 0.25) is 0 Å².